The molecule has 0 saturated heterocycles. The maximum Gasteiger partial charge on any atom is 0.118 e. The van der Waals surface area contributed by atoms with Gasteiger partial charge in [-0.25, -0.2) is 4.68 Å². The number of halogens is 2. The van der Waals surface area contributed by atoms with Crippen molar-refractivity contribution in [1.29, 1.82) is 0 Å². The lowest BCUT2D eigenvalue weighted by Gasteiger charge is -1.99. The van der Waals surface area contributed by atoms with Crippen molar-refractivity contribution >= 4 is 40.2 Å². The van der Waals surface area contributed by atoms with E-state index in [9.17, 15) is 0 Å². The topological polar surface area (TPSA) is 43.8 Å². The summed E-state index contributed by atoms with van der Waals surface area (Å²) < 4.78 is 2.94. The van der Waals surface area contributed by atoms with E-state index < -0.39 is 0 Å². The molecular formula is C13H9Cl2N3S. The Bertz CT molecular complexity index is 719. The summed E-state index contributed by atoms with van der Waals surface area (Å²) in [5.41, 5.74) is 8.94. The molecule has 6 heteroatoms. The van der Waals surface area contributed by atoms with E-state index in [2.05, 4.69) is 5.10 Å². The van der Waals surface area contributed by atoms with Gasteiger partial charge in [-0.3, -0.25) is 0 Å². The second-order valence-electron chi connectivity index (χ2n) is 3.95. The Morgan fingerprint density at radius 3 is 2.53 bits per heavy atom. The summed E-state index contributed by atoms with van der Waals surface area (Å²) in [7, 11) is 0. The van der Waals surface area contributed by atoms with Gasteiger partial charge in [-0.2, -0.15) is 5.10 Å². The summed E-state index contributed by atoms with van der Waals surface area (Å²) in [6, 6.07) is 11.5. The van der Waals surface area contributed by atoms with Crippen LogP contribution in [-0.4, -0.2) is 9.78 Å². The van der Waals surface area contributed by atoms with Gasteiger partial charge in [0, 0.05) is 5.56 Å². The van der Waals surface area contributed by atoms with Gasteiger partial charge in [-0.05, 0) is 18.2 Å². The quantitative estimate of drug-likeness (QED) is 0.758. The largest absolute Gasteiger partial charge is 0.396 e. The van der Waals surface area contributed by atoms with Crippen LogP contribution in [0.2, 0.25) is 8.67 Å². The minimum atomic E-state index is 0.570. The molecule has 0 unspecified atom stereocenters. The van der Waals surface area contributed by atoms with Crippen molar-refractivity contribution in [3.05, 3.63) is 51.3 Å². The molecule has 2 N–H and O–H groups in total. The van der Waals surface area contributed by atoms with E-state index >= 15 is 0 Å². The first-order valence-electron chi connectivity index (χ1n) is 5.51. The lowest BCUT2D eigenvalue weighted by molar-refractivity contribution is 0.885. The Morgan fingerprint density at radius 2 is 1.89 bits per heavy atom. The third kappa shape index (κ3) is 2.34. The number of thiophene rings is 1. The van der Waals surface area contributed by atoms with Gasteiger partial charge in [0.15, 0.2) is 0 Å². The van der Waals surface area contributed by atoms with Crippen LogP contribution < -0.4 is 5.73 Å². The van der Waals surface area contributed by atoms with Gasteiger partial charge in [-0.1, -0.05) is 41.4 Å². The van der Waals surface area contributed by atoms with Crippen molar-refractivity contribution in [3.63, 3.8) is 0 Å². The second-order valence-corrected chi connectivity index (χ2v) is 6.24. The molecule has 3 nitrogen and oxygen atoms in total. The lowest BCUT2D eigenvalue weighted by atomic mass is 10.2. The molecule has 0 aliphatic carbocycles. The molecule has 0 fully saturated rings. The summed E-state index contributed by atoms with van der Waals surface area (Å²) in [5.74, 6) is 0. The van der Waals surface area contributed by atoms with Crippen molar-refractivity contribution in [1.82, 2.24) is 9.78 Å². The number of hydrogen-bond acceptors (Lipinski definition) is 3. The SMILES string of the molecule is Nc1cn(-c2ccccc2)nc1-c1cc(Cl)sc1Cl. The molecule has 96 valence electrons. The minimum Gasteiger partial charge on any atom is -0.396 e. The Balaban J connectivity index is 2.10. The first-order valence-corrected chi connectivity index (χ1v) is 7.08. The number of nitrogens with two attached hydrogens (primary N) is 1. The van der Waals surface area contributed by atoms with E-state index in [1.807, 2.05) is 30.3 Å². The van der Waals surface area contributed by atoms with Gasteiger partial charge in [0.25, 0.3) is 0 Å². The van der Waals surface area contributed by atoms with E-state index in [1.54, 1.807) is 16.9 Å². The van der Waals surface area contributed by atoms with E-state index in [1.165, 1.54) is 11.3 Å². The molecule has 3 aromatic rings. The van der Waals surface area contributed by atoms with Crippen molar-refractivity contribution in [2.45, 2.75) is 0 Å². The molecule has 2 heterocycles. The number of anilines is 1. The highest BCUT2D eigenvalue weighted by Gasteiger charge is 2.15. The number of rotatable bonds is 2. The van der Waals surface area contributed by atoms with Crippen molar-refractivity contribution in [2.24, 2.45) is 0 Å². The molecule has 0 saturated carbocycles. The number of nitrogens with zero attached hydrogens (tertiary/aromatic N) is 2. The molecule has 0 atom stereocenters. The molecule has 3 rings (SSSR count). The van der Waals surface area contributed by atoms with E-state index in [0.29, 0.717) is 20.1 Å². The van der Waals surface area contributed by atoms with E-state index in [-0.39, 0.29) is 0 Å². The molecule has 0 radical (unpaired) electrons. The third-order valence-corrected chi connectivity index (χ3v) is 4.16. The molecule has 0 aliphatic rings. The molecule has 0 bridgehead atoms. The van der Waals surface area contributed by atoms with Gasteiger partial charge in [0.2, 0.25) is 0 Å². The van der Waals surface area contributed by atoms with Gasteiger partial charge < -0.3 is 5.73 Å². The highest BCUT2D eigenvalue weighted by atomic mass is 35.5. The van der Waals surface area contributed by atoms with Gasteiger partial charge in [0.1, 0.15) is 10.0 Å². The molecule has 19 heavy (non-hydrogen) atoms. The predicted molar refractivity (Wildman–Crippen MR) is 81.3 cm³/mol. The summed E-state index contributed by atoms with van der Waals surface area (Å²) >= 11 is 13.4. The van der Waals surface area contributed by atoms with Crippen LogP contribution in [0, 0.1) is 0 Å². The van der Waals surface area contributed by atoms with Gasteiger partial charge >= 0.3 is 0 Å². The van der Waals surface area contributed by atoms with Gasteiger partial charge in [0.05, 0.1) is 21.9 Å². The normalized spacial score (nSPS) is 10.8. The number of nitrogen functional groups attached to an aromatic ring is 1. The fourth-order valence-corrected chi connectivity index (χ4v) is 3.28. The predicted octanol–water partition coefficient (Wildman–Crippen LogP) is 4.49. The van der Waals surface area contributed by atoms with Crippen LogP contribution in [0.5, 0.6) is 0 Å². The Morgan fingerprint density at radius 1 is 1.16 bits per heavy atom. The van der Waals surface area contributed by atoms with Crippen LogP contribution in [0.4, 0.5) is 5.69 Å². The summed E-state index contributed by atoms with van der Waals surface area (Å²) in [6.07, 6.45) is 1.77. The number of hydrogen-bond donors (Lipinski definition) is 1. The molecular weight excluding hydrogens is 301 g/mol. The highest BCUT2D eigenvalue weighted by molar-refractivity contribution is 7.20. The van der Waals surface area contributed by atoms with Crippen LogP contribution in [0.1, 0.15) is 0 Å². The van der Waals surface area contributed by atoms with Crippen LogP contribution in [0.15, 0.2) is 42.6 Å². The number of aromatic nitrogens is 2. The smallest absolute Gasteiger partial charge is 0.118 e. The lowest BCUT2D eigenvalue weighted by Crippen LogP contribution is -1.93. The Labute approximate surface area is 124 Å². The van der Waals surface area contributed by atoms with E-state index in [4.69, 9.17) is 28.9 Å². The Hall–Kier alpha value is -1.49. The molecule has 0 amide bonds. The fraction of sp³-hybridized carbons (Fsp3) is 0. The maximum absolute atomic E-state index is 6.14. The first-order chi connectivity index (χ1) is 9.15. The average Bonchev–Trinajstić information content (AvgIpc) is 2.93. The Kier molecular flexibility index (Phi) is 3.22. The van der Waals surface area contributed by atoms with Crippen LogP contribution in [0.3, 0.4) is 0 Å². The second kappa shape index (κ2) is 4.89. The van der Waals surface area contributed by atoms with Crippen molar-refractivity contribution < 1.29 is 0 Å². The standard InChI is InChI=1S/C13H9Cl2N3S/c14-11-6-9(13(15)19-11)12-10(16)7-18(17-12)8-4-2-1-3-5-8/h1-7H,16H2. The fourth-order valence-electron chi connectivity index (χ4n) is 1.81. The van der Waals surface area contributed by atoms with Crippen LogP contribution in [0.25, 0.3) is 16.9 Å². The maximum atomic E-state index is 6.14. The molecule has 0 spiro atoms. The monoisotopic (exact) mass is 309 g/mol. The minimum absolute atomic E-state index is 0.570. The summed E-state index contributed by atoms with van der Waals surface area (Å²) in [6.45, 7) is 0. The zero-order chi connectivity index (χ0) is 13.4. The number of para-hydroxylation sites is 1. The average molecular weight is 310 g/mol. The zero-order valence-electron chi connectivity index (χ0n) is 9.68. The summed E-state index contributed by atoms with van der Waals surface area (Å²) in [5, 5.41) is 4.48. The molecule has 0 aliphatic heterocycles. The molecule has 1 aromatic carbocycles. The van der Waals surface area contributed by atoms with Crippen LogP contribution >= 0.6 is 34.5 Å². The van der Waals surface area contributed by atoms with Gasteiger partial charge in [-0.15, -0.1) is 11.3 Å². The van der Waals surface area contributed by atoms with Crippen molar-refractivity contribution in [3.8, 4) is 16.9 Å². The van der Waals surface area contributed by atoms with E-state index in [0.717, 1.165) is 11.3 Å². The third-order valence-electron chi connectivity index (χ3n) is 2.68. The number of benzene rings is 1. The van der Waals surface area contributed by atoms with Crippen LogP contribution in [-0.2, 0) is 0 Å². The van der Waals surface area contributed by atoms with Crippen molar-refractivity contribution in [2.75, 3.05) is 5.73 Å². The summed E-state index contributed by atoms with van der Waals surface area (Å²) in [4.78, 5) is 0. The first kappa shape index (κ1) is 12.5. The molecule has 2 aromatic heterocycles. The zero-order valence-corrected chi connectivity index (χ0v) is 12.0. The highest BCUT2D eigenvalue weighted by Crippen LogP contribution is 2.39.